The van der Waals surface area contributed by atoms with Crippen LogP contribution in [0.4, 0.5) is 17.6 Å². The molecular formula is C5H6F4O. The molecule has 0 aromatic rings. The lowest BCUT2D eigenvalue weighted by Gasteiger charge is -2.08. The highest BCUT2D eigenvalue weighted by atomic mass is 19.4. The van der Waals surface area contributed by atoms with E-state index in [-0.39, 0.29) is 0 Å². The topological polar surface area (TPSA) is 12.5 Å². The predicted octanol–water partition coefficient (Wildman–Crippen LogP) is 2.02. The van der Waals surface area contributed by atoms with Gasteiger partial charge in [-0.3, -0.25) is 0 Å². The van der Waals surface area contributed by atoms with Crippen molar-refractivity contribution >= 4 is 0 Å². The molecule has 1 saturated heterocycles. The Balaban J connectivity index is 2.78. The van der Waals surface area contributed by atoms with Crippen molar-refractivity contribution in [3.8, 4) is 0 Å². The van der Waals surface area contributed by atoms with Gasteiger partial charge in [-0.1, -0.05) is 0 Å². The Morgan fingerprint density at radius 2 is 1.50 bits per heavy atom. The number of ether oxygens (including phenoxy) is 1. The Morgan fingerprint density at radius 3 is 1.50 bits per heavy atom. The average Bonchev–Trinajstić information content (AvgIpc) is 2.05. The first kappa shape index (κ1) is 7.78. The molecule has 1 fully saturated rings. The van der Waals surface area contributed by atoms with Gasteiger partial charge in [0.05, 0.1) is 0 Å². The van der Waals surface area contributed by atoms with Gasteiger partial charge in [-0.05, 0) is 13.8 Å². The Morgan fingerprint density at radius 1 is 1.20 bits per heavy atom. The molecule has 1 aliphatic heterocycles. The van der Waals surface area contributed by atoms with E-state index in [1.54, 1.807) is 0 Å². The molecule has 0 amide bonds. The molecule has 1 atom stereocenters. The minimum Gasteiger partial charge on any atom is -0.324 e. The summed E-state index contributed by atoms with van der Waals surface area (Å²) in [5, 5.41) is 0. The SMILES string of the molecule is CC1(C)OC1(F)C(F)(F)F. The summed E-state index contributed by atoms with van der Waals surface area (Å²) in [6.07, 6.45) is -4.91. The van der Waals surface area contributed by atoms with Crippen molar-refractivity contribution < 1.29 is 22.3 Å². The van der Waals surface area contributed by atoms with E-state index in [1.807, 2.05) is 0 Å². The number of rotatable bonds is 0. The normalized spacial score (nSPS) is 37.8. The summed E-state index contributed by atoms with van der Waals surface area (Å²) < 4.78 is 51.2. The van der Waals surface area contributed by atoms with Crippen LogP contribution in [0.15, 0.2) is 0 Å². The van der Waals surface area contributed by atoms with Crippen LogP contribution < -0.4 is 0 Å². The maximum absolute atomic E-state index is 12.4. The summed E-state index contributed by atoms with van der Waals surface area (Å²) in [5.41, 5.74) is -1.70. The molecule has 0 spiro atoms. The lowest BCUT2D eigenvalue weighted by molar-refractivity contribution is -0.226. The smallest absolute Gasteiger partial charge is 0.324 e. The summed E-state index contributed by atoms with van der Waals surface area (Å²) in [5.74, 6) is -3.42. The molecular weight excluding hydrogens is 152 g/mol. The molecule has 0 N–H and O–H groups in total. The van der Waals surface area contributed by atoms with Crippen LogP contribution in [0.5, 0.6) is 0 Å². The van der Waals surface area contributed by atoms with Crippen LogP contribution in [-0.2, 0) is 4.74 Å². The van der Waals surface area contributed by atoms with Crippen molar-refractivity contribution in [3.05, 3.63) is 0 Å². The van der Waals surface area contributed by atoms with Gasteiger partial charge in [0.15, 0.2) is 0 Å². The van der Waals surface area contributed by atoms with Crippen molar-refractivity contribution in [2.75, 3.05) is 0 Å². The fraction of sp³-hybridized carbons (Fsp3) is 1.00. The second-order valence-electron chi connectivity index (χ2n) is 2.71. The van der Waals surface area contributed by atoms with Crippen molar-refractivity contribution in [1.82, 2.24) is 0 Å². The van der Waals surface area contributed by atoms with E-state index >= 15 is 0 Å². The minimum atomic E-state index is -4.91. The average molecular weight is 158 g/mol. The van der Waals surface area contributed by atoms with Gasteiger partial charge in [-0.25, -0.2) is 0 Å². The highest BCUT2D eigenvalue weighted by Crippen LogP contribution is 2.58. The van der Waals surface area contributed by atoms with Gasteiger partial charge in [0, 0.05) is 0 Å². The van der Waals surface area contributed by atoms with Gasteiger partial charge in [0.25, 0.3) is 0 Å². The Labute approximate surface area is 55.0 Å². The second-order valence-corrected chi connectivity index (χ2v) is 2.71. The highest BCUT2D eigenvalue weighted by Gasteiger charge is 2.80. The number of halogens is 4. The van der Waals surface area contributed by atoms with Gasteiger partial charge in [0.2, 0.25) is 0 Å². The van der Waals surface area contributed by atoms with E-state index in [4.69, 9.17) is 0 Å². The van der Waals surface area contributed by atoms with E-state index in [0.29, 0.717) is 0 Å². The standard InChI is InChI=1S/C5H6F4O/c1-3(2)4(6,10-3)5(7,8)9/h1-2H3. The quantitative estimate of drug-likeness (QED) is 0.388. The third-order valence-electron chi connectivity index (χ3n) is 1.49. The number of hydrogen-bond acceptors (Lipinski definition) is 1. The Hall–Kier alpha value is -0.320. The third kappa shape index (κ3) is 0.729. The molecule has 0 saturated carbocycles. The Kier molecular flexibility index (Phi) is 1.14. The molecule has 1 rings (SSSR count). The first-order chi connectivity index (χ1) is 4.21. The first-order valence-corrected chi connectivity index (χ1v) is 2.66. The van der Waals surface area contributed by atoms with Crippen LogP contribution in [0.25, 0.3) is 0 Å². The molecule has 60 valence electrons. The maximum atomic E-state index is 12.4. The van der Waals surface area contributed by atoms with Crippen molar-refractivity contribution in [2.24, 2.45) is 0 Å². The fourth-order valence-corrected chi connectivity index (χ4v) is 0.725. The summed E-state index contributed by atoms with van der Waals surface area (Å²) >= 11 is 0. The first-order valence-electron chi connectivity index (χ1n) is 2.66. The molecule has 0 bridgehead atoms. The van der Waals surface area contributed by atoms with E-state index in [2.05, 4.69) is 4.74 Å². The molecule has 1 nitrogen and oxygen atoms in total. The molecule has 0 aromatic carbocycles. The summed E-state index contributed by atoms with van der Waals surface area (Å²) in [4.78, 5) is 0. The molecule has 10 heavy (non-hydrogen) atoms. The monoisotopic (exact) mass is 158 g/mol. The van der Waals surface area contributed by atoms with Gasteiger partial charge in [-0.2, -0.15) is 17.6 Å². The summed E-state index contributed by atoms with van der Waals surface area (Å²) in [6.45, 7) is 2.11. The van der Waals surface area contributed by atoms with E-state index in [1.165, 1.54) is 0 Å². The van der Waals surface area contributed by atoms with Crippen LogP contribution in [0.3, 0.4) is 0 Å². The van der Waals surface area contributed by atoms with Crippen molar-refractivity contribution in [3.63, 3.8) is 0 Å². The van der Waals surface area contributed by atoms with Gasteiger partial charge < -0.3 is 4.74 Å². The van der Waals surface area contributed by atoms with Crippen LogP contribution >= 0.6 is 0 Å². The molecule has 5 heteroatoms. The van der Waals surface area contributed by atoms with Gasteiger partial charge in [0.1, 0.15) is 5.60 Å². The fourth-order valence-electron chi connectivity index (χ4n) is 0.725. The number of alkyl halides is 4. The lowest BCUT2D eigenvalue weighted by Crippen LogP contribution is -2.33. The van der Waals surface area contributed by atoms with Gasteiger partial charge in [-0.15, -0.1) is 0 Å². The Bertz CT molecular complexity index is 162. The van der Waals surface area contributed by atoms with Crippen LogP contribution in [0, 0.1) is 0 Å². The van der Waals surface area contributed by atoms with Gasteiger partial charge >= 0.3 is 12.0 Å². The highest BCUT2D eigenvalue weighted by molar-refractivity contribution is 5.07. The second kappa shape index (κ2) is 1.47. The predicted molar refractivity (Wildman–Crippen MR) is 25.1 cm³/mol. The molecule has 0 aromatic heterocycles. The minimum absolute atomic E-state index is 1.06. The van der Waals surface area contributed by atoms with E-state index in [9.17, 15) is 17.6 Å². The zero-order valence-corrected chi connectivity index (χ0v) is 5.42. The summed E-state index contributed by atoms with van der Waals surface area (Å²) in [7, 11) is 0. The van der Waals surface area contributed by atoms with E-state index < -0.39 is 17.6 Å². The molecule has 1 aliphatic rings. The largest absolute Gasteiger partial charge is 0.451 e. The molecule has 1 unspecified atom stereocenters. The van der Waals surface area contributed by atoms with Crippen LogP contribution in [0.1, 0.15) is 13.8 Å². The number of hydrogen-bond donors (Lipinski definition) is 0. The molecule has 1 heterocycles. The molecule has 0 aliphatic carbocycles. The lowest BCUT2D eigenvalue weighted by atomic mass is 10.1. The van der Waals surface area contributed by atoms with Crippen molar-refractivity contribution in [1.29, 1.82) is 0 Å². The maximum Gasteiger partial charge on any atom is 0.451 e. The zero-order valence-electron chi connectivity index (χ0n) is 5.42. The third-order valence-corrected chi connectivity index (χ3v) is 1.49. The molecule has 0 radical (unpaired) electrons. The van der Waals surface area contributed by atoms with E-state index in [0.717, 1.165) is 13.8 Å². The summed E-state index contributed by atoms with van der Waals surface area (Å²) in [6, 6.07) is 0. The zero-order chi connectivity index (χ0) is 8.21. The van der Waals surface area contributed by atoms with Crippen molar-refractivity contribution in [2.45, 2.75) is 31.5 Å². The van der Waals surface area contributed by atoms with Crippen LogP contribution in [-0.4, -0.2) is 17.6 Å². The number of epoxide rings is 1. The van der Waals surface area contributed by atoms with Crippen LogP contribution in [0.2, 0.25) is 0 Å².